The lowest BCUT2D eigenvalue weighted by molar-refractivity contribution is 0.0536. The number of nitrogens with one attached hydrogen (secondary N) is 1. The third-order valence-electron chi connectivity index (χ3n) is 2.47. The van der Waals surface area contributed by atoms with Crippen LogP contribution >= 0.6 is 0 Å². The molecule has 5 nitrogen and oxygen atoms in total. The fourth-order valence-corrected chi connectivity index (χ4v) is 1.42. The molecule has 5 N–H and O–H groups in total. The summed E-state index contributed by atoms with van der Waals surface area (Å²) in [7, 11) is 0. The van der Waals surface area contributed by atoms with Crippen molar-refractivity contribution in [1.82, 2.24) is 0 Å². The van der Waals surface area contributed by atoms with E-state index in [0.29, 0.717) is 5.75 Å². The maximum atomic E-state index is 9.14. The zero-order valence-electron chi connectivity index (χ0n) is 10.5. The number of ether oxygens (including phenoxy) is 1. The number of nitrogens with two attached hydrogens (primary N) is 1. The Morgan fingerprint density at radius 1 is 1.22 bits per heavy atom. The van der Waals surface area contributed by atoms with Gasteiger partial charge in [-0.2, -0.15) is 0 Å². The van der Waals surface area contributed by atoms with Crippen molar-refractivity contribution in [3.05, 3.63) is 24.3 Å². The largest absolute Gasteiger partial charge is 0.491 e. The summed E-state index contributed by atoms with van der Waals surface area (Å²) >= 11 is 0. The topological polar surface area (TPSA) is 87.7 Å². The van der Waals surface area contributed by atoms with Crippen molar-refractivity contribution in [3.8, 4) is 5.75 Å². The fraction of sp³-hybridized carbons (Fsp3) is 0.538. The van der Waals surface area contributed by atoms with Crippen LogP contribution < -0.4 is 15.8 Å². The Morgan fingerprint density at radius 3 is 2.56 bits per heavy atom. The van der Waals surface area contributed by atoms with Gasteiger partial charge in [0.05, 0.1) is 6.61 Å². The van der Waals surface area contributed by atoms with E-state index in [2.05, 4.69) is 5.32 Å². The SMILES string of the molecule is NCCCCNc1ccc(OCC(O)CO)cc1. The maximum absolute atomic E-state index is 9.14. The van der Waals surface area contributed by atoms with Gasteiger partial charge in [0.2, 0.25) is 0 Å². The molecule has 0 radical (unpaired) electrons. The van der Waals surface area contributed by atoms with Crippen LogP contribution in [0, 0.1) is 0 Å². The Kier molecular flexibility index (Phi) is 7.17. The summed E-state index contributed by atoms with van der Waals surface area (Å²) in [4.78, 5) is 0. The van der Waals surface area contributed by atoms with E-state index >= 15 is 0 Å². The van der Waals surface area contributed by atoms with Crippen LogP contribution in [0.5, 0.6) is 5.75 Å². The summed E-state index contributed by atoms with van der Waals surface area (Å²) in [5.41, 5.74) is 6.44. The molecular weight excluding hydrogens is 232 g/mol. The molecule has 0 aromatic heterocycles. The summed E-state index contributed by atoms with van der Waals surface area (Å²) in [5, 5.41) is 21.1. The lowest BCUT2D eigenvalue weighted by atomic mass is 10.2. The highest BCUT2D eigenvalue weighted by Gasteiger charge is 2.02. The quantitative estimate of drug-likeness (QED) is 0.484. The maximum Gasteiger partial charge on any atom is 0.119 e. The molecule has 18 heavy (non-hydrogen) atoms. The molecule has 0 aliphatic rings. The Balaban J connectivity index is 2.28. The van der Waals surface area contributed by atoms with Crippen molar-refractivity contribution in [2.24, 2.45) is 5.73 Å². The first kappa shape index (κ1) is 14.8. The van der Waals surface area contributed by atoms with Crippen molar-refractivity contribution in [1.29, 1.82) is 0 Å². The molecular formula is C13H22N2O3. The van der Waals surface area contributed by atoms with Crippen LogP contribution in [0.4, 0.5) is 5.69 Å². The fourth-order valence-electron chi connectivity index (χ4n) is 1.42. The first-order chi connectivity index (χ1) is 8.76. The van der Waals surface area contributed by atoms with Gasteiger partial charge < -0.3 is 26.0 Å². The van der Waals surface area contributed by atoms with Crippen LogP contribution in [0.15, 0.2) is 24.3 Å². The number of rotatable bonds is 9. The van der Waals surface area contributed by atoms with Gasteiger partial charge in [0.15, 0.2) is 0 Å². The molecule has 0 saturated heterocycles. The third kappa shape index (κ3) is 5.86. The summed E-state index contributed by atoms with van der Waals surface area (Å²) in [5.74, 6) is 0.676. The standard InChI is InChI=1S/C13H22N2O3/c14-7-1-2-8-15-11-3-5-13(6-4-11)18-10-12(17)9-16/h3-6,12,15-17H,1-2,7-10,14H2. The summed E-state index contributed by atoms with van der Waals surface area (Å²) < 4.78 is 5.30. The minimum absolute atomic E-state index is 0.0970. The molecule has 0 amide bonds. The molecule has 0 aliphatic carbocycles. The second-order valence-corrected chi connectivity index (χ2v) is 4.09. The predicted octanol–water partition coefficient (Wildman–Crippen LogP) is 0.569. The predicted molar refractivity (Wildman–Crippen MR) is 71.8 cm³/mol. The molecule has 0 heterocycles. The molecule has 1 rings (SSSR count). The highest BCUT2D eigenvalue weighted by Crippen LogP contribution is 2.15. The lowest BCUT2D eigenvalue weighted by Crippen LogP contribution is -2.21. The van der Waals surface area contributed by atoms with Crippen LogP contribution in [-0.2, 0) is 0 Å². The summed E-state index contributed by atoms with van der Waals surface area (Å²) in [6, 6.07) is 7.50. The first-order valence-electron chi connectivity index (χ1n) is 6.22. The van der Waals surface area contributed by atoms with Crippen LogP contribution in [0.25, 0.3) is 0 Å². The summed E-state index contributed by atoms with van der Waals surface area (Å²) in [6.07, 6.45) is 1.24. The molecule has 102 valence electrons. The number of aliphatic hydroxyl groups is 2. The molecule has 1 aromatic rings. The van der Waals surface area contributed by atoms with Gasteiger partial charge in [-0.15, -0.1) is 0 Å². The molecule has 5 heteroatoms. The van der Waals surface area contributed by atoms with E-state index in [4.69, 9.17) is 20.7 Å². The van der Waals surface area contributed by atoms with Crippen LogP contribution in [0.2, 0.25) is 0 Å². The molecule has 0 spiro atoms. The van der Waals surface area contributed by atoms with Crippen molar-refractivity contribution >= 4 is 5.69 Å². The average Bonchev–Trinajstić information content (AvgIpc) is 2.42. The van der Waals surface area contributed by atoms with Gasteiger partial charge in [-0.3, -0.25) is 0 Å². The number of unbranched alkanes of at least 4 members (excludes halogenated alkanes) is 1. The van der Waals surface area contributed by atoms with E-state index in [1.165, 1.54) is 0 Å². The van der Waals surface area contributed by atoms with E-state index in [9.17, 15) is 0 Å². The average molecular weight is 254 g/mol. The molecule has 1 aromatic carbocycles. The van der Waals surface area contributed by atoms with Crippen molar-refractivity contribution in [3.63, 3.8) is 0 Å². The van der Waals surface area contributed by atoms with Gasteiger partial charge in [0.25, 0.3) is 0 Å². The van der Waals surface area contributed by atoms with Gasteiger partial charge in [-0.05, 0) is 43.7 Å². The normalized spacial score (nSPS) is 12.2. The second kappa shape index (κ2) is 8.74. The highest BCUT2D eigenvalue weighted by molar-refractivity contribution is 5.46. The van der Waals surface area contributed by atoms with Crippen molar-refractivity contribution in [2.45, 2.75) is 18.9 Å². The van der Waals surface area contributed by atoms with Crippen LogP contribution in [0.1, 0.15) is 12.8 Å². The van der Waals surface area contributed by atoms with E-state index in [0.717, 1.165) is 31.6 Å². The summed E-state index contributed by atoms with van der Waals surface area (Å²) in [6.45, 7) is 1.43. The van der Waals surface area contributed by atoms with Gasteiger partial charge in [-0.25, -0.2) is 0 Å². The van der Waals surface area contributed by atoms with Gasteiger partial charge in [0, 0.05) is 12.2 Å². The molecule has 1 atom stereocenters. The van der Waals surface area contributed by atoms with E-state index in [1.807, 2.05) is 24.3 Å². The Hall–Kier alpha value is -1.30. The monoisotopic (exact) mass is 254 g/mol. The molecule has 0 fully saturated rings. The van der Waals surface area contributed by atoms with E-state index in [1.54, 1.807) is 0 Å². The highest BCUT2D eigenvalue weighted by atomic mass is 16.5. The minimum Gasteiger partial charge on any atom is -0.491 e. The first-order valence-corrected chi connectivity index (χ1v) is 6.22. The third-order valence-corrected chi connectivity index (χ3v) is 2.47. The smallest absolute Gasteiger partial charge is 0.119 e. The van der Waals surface area contributed by atoms with Gasteiger partial charge >= 0.3 is 0 Å². The molecule has 0 aliphatic heterocycles. The second-order valence-electron chi connectivity index (χ2n) is 4.09. The Labute approximate surface area is 108 Å². The van der Waals surface area contributed by atoms with Crippen LogP contribution in [0.3, 0.4) is 0 Å². The number of anilines is 1. The van der Waals surface area contributed by atoms with E-state index < -0.39 is 6.10 Å². The van der Waals surface area contributed by atoms with Crippen LogP contribution in [-0.4, -0.2) is 42.6 Å². The molecule has 0 bridgehead atoms. The zero-order valence-corrected chi connectivity index (χ0v) is 10.5. The zero-order chi connectivity index (χ0) is 13.2. The number of aliphatic hydroxyl groups excluding tert-OH is 2. The van der Waals surface area contributed by atoms with Gasteiger partial charge in [0.1, 0.15) is 18.5 Å². The van der Waals surface area contributed by atoms with Crippen molar-refractivity contribution < 1.29 is 14.9 Å². The van der Waals surface area contributed by atoms with Crippen molar-refractivity contribution in [2.75, 3.05) is 31.6 Å². The molecule has 0 saturated carbocycles. The lowest BCUT2D eigenvalue weighted by Gasteiger charge is -2.11. The minimum atomic E-state index is -0.834. The number of benzene rings is 1. The van der Waals surface area contributed by atoms with Gasteiger partial charge in [-0.1, -0.05) is 0 Å². The molecule has 1 unspecified atom stereocenters. The number of hydrogen-bond donors (Lipinski definition) is 4. The Bertz CT molecular complexity index is 317. The van der Waals surface area contributed by atoms with E-state index in [-0.39, 0.29) is 13.2 Å². The Morgan fingerprint density at radius 2 is 1.94 bits per heavy atom. The number of hydrogen-bond acceptors (Lipinski definition) is 5.